The number of aromatic nitrogens is 5. The van der Waals surface area contributed by atoms with E-state index in [0.717, 1.165) is 30.9 Å². The minimum atomic E-state index is -1.21. The van der Waals surface area contributed by atoms with Gasteiger partial charge < -0.3 is 30.3 Å². The van der Waals surface area contributed by atoms with Crippen molar-refractivity contribution in [3.63, 3.8) is 0 Å². The first-order valence-corrected chi connectivity index (χ1v) is 12.3. The highest BCUT2D eigenvalue weighted by atomic mass is 32.1. The lowest BCUT2D eigenvalue weighted by Gasteiger charge is -2.19. The predicted molar refractivity (Wildman–Crippen MR) is 130 cm³/mol. The number of rotatable bonds is 6. The average molecular weight is 496 g/mol. The number of hydrogen-bond acceptors (Lipinski definition) is 11. The van der Waals surface area contributed by atoms with E-state index >= 15 is 0 Å². The van der Waals surface area contributed by atoms with Crippen LogP contribution in [-0.4, -0.2) is 83.9 Å². The zero-order valence-electron chi connectivity index (χ0n) is 18.7. The number of pyridine rings is 1. The van der Waals surface area contributed by atoms with Crippen LogP contribution in [0.4, 0.5) is 11.6 Å². The molecule has 2 saturated heterocycles. The average Bonchev–Trinajstić information content (AvgIpc) is 3.68. The Balaban J connectivity index is 1.17. The van der Waals surface area contributed by atoms with Crippen LogP contribution in [0.15, 0.2) is 48.5 Å². The summed E-state index contributed by atoms with van der Waals surface area (Å²) in [5.41, 5.74) is 2.13. The number of anilines is 2. The van der Waals surface area contributed by atoms with Crippen LogP contribution in [0.3, 0.4) is 0 Å². The lowest BCUT2D eigenvalue weighted by Crippen LogP contribution is -2.33. The number of aliphatic hydroxyl groups is 3. The second-order valence-corrected chi connectivity index (χ2v) is 9.68. The highest BCUT2D eigenvalue weighted by Gasteiger charge is 2.44. The molecule has 4 aromatic heterocycles. The summed E-state index contributed by atoms with van der Waals surface area (Å²) < 4.78 is 7.20. The number of nitrogens with one attached hydrogen (secondary N) is 1. The van der Waals surface area contributed by atoms with Crippen LogP contribution in [0.5, 0.6) is 0 Å². The molecular weight excluding hydrogens is 470 g/mol. The van der Waals surface area contributed by atoms with Gasteiger partial charge in [0.05, 0.1) is 12.9 Å². The van der Waals surface area contributed by atoms with E-state index < -0.39 is 31.1 Å². The number of aliphatic hydroxyl groups excluding tert-OH is 3. The van der Waals surface area contributed by atoms with Gasteiger partial charge in [0, 0.05) is 35.8 Å². The maximum absolute atomic E-state index is 10.4. The van der Waals surface area contributed by atoms with Crippen molar-refractivity contribution in [2.75, 3.05) is 29.9 Å². The summed E-state index contributed by atoms with van der Waals surface area (Å²) in [6, 6.07) is 8.44. The van der Waals surface area contributed by atoms with Gasteiger partial charge in [-0.05, 0) is 30.0 Å². The van der Waals surface area contributed by atoms with Crippen molar-refractivity contribution >= 4 is 34.1 Å². The maximum atomic E-state index is 10.4. The Hall–Kier alpha value is -3.16. The van der Waals surface area contributed by atoms with Crippen molar-refractivity contribution < 1.29 is 20.1 Å². The quantitative estimate of drug-likeness (QED) is 0.309. The lowest BCUT2D eigenvalue weighted by molar-refractivity contribution is -0.0511. The molecule has 11 nitrogen and oxygen atoms in total. The minimum absolute atomic E-state index is 0.144. The second-order valence-electron chi connectivity index (χ2n) is 8.73. The first kappa shape index (κ1) is 22.3. The molecule has 6 rings (SSSR count). The van der Waals surface area contributed by atoms with Crippen molar-refractivity contribution in [2.24, 2.45) is 0 Å². The summed E-state index contributed by atoms with van der Waals surface area (Å²) in [6.07, 6.45) is 1.59. The van der Waals surface area contributed by atoms with Gasteiger partial charge in [-0.2, -0.15) is 0 Å². The normalized spacial score (nSPS) is 26.6. The van der Waals surface area contributed by atoms with Crippen LogP contribution in [0.2, 0.25) is 0 Å². The summed E-state index contributed by atoms with van der Waals surface area (Å²) in [4.78, 5) is 21.3. The van der Waals surface area contributed by atoms with E-state index in [2.05, 4.69) is 53.7 Å². The first-order valence-electron chi connectivity index (χ1n) is 11.4. The van der Waals surface area contributed by atoms with Crippen molar-refractivity contribution in [1.82, 2.24) is 24.5 Å². The van der Waals surface area contributed by atoms with Gasteiger partial charge in [-0.25, -0.2) is 19.9 Å². The Morgan fingerprint density at radius 3 is 2.77 bits per heavy atom. The Labute approximate surface area is 204 Å². The molecule has 4 N–H and O–H groups in total. The highest BCUT2D eigenvalue weighted by molar-refractivity contribution is 7.13. The fourth-order valence-corrected chi connectivity index (χ4v) is 5.41. The maximum Gasteiger partial charge on any atom is 0.167 e. The number of hydrogen-bond donors (Lipinski definition) is 4. The number of thiophene rings is 1. The van der Waals surface area contributed by atoms with Crippen LogP contribution in [0.25, 0.3) is 21.6 Å². The standard InChI is InChI=1S/C23H25N7O4S/c31-10-15-19(32)20(33)23(34-15)30-12-27-18-21(25-11-26-22(18)30)28-14-5-6-29(9-14)17-4-3-13(8-24-17)16-2-1-7-35-16/h1-4,7-8,11-12,14-15,19-20,23,31-33H,5-6,9-10H2,(H,25,26,28)/t14-,15+,19-,20-,23+/m0/s1. The first-order chi connectivity index (χ1) is 17.1. The molecule has 0 aliphatic carbocycles. The number of ether oxygens (including phenoxy) is 1. The lowest BCUT2D eigenvalue weighted by atomic mass is 10.1. The number of fused-ring (bicyclic) bond motifs is 1. The zero-order chi connectivity index (χ0) is 23.9. The van der Waals surface area contributed by atoms with Crippen LogP contribution >= 0.6 is 11.3 Å². The molecule has 35 heavy (non-hydrogen) atoms. The SMILES string of the molecule is OC[C@H]1O[C@@H](n2cnc3c(N[C@H]4CCN(c5ccc(-c6cccs6)cn5)C4)ncnc32)[C@@H](O)[C@H]1O. The molecule has 0 amide bonds. The molecule has 12 heteroatoms. The van der Waals surface area contributed by atoms with Gasteiger partial charge in [-0.3, -0.25) is 4.57 Å². The second kappa shape index (κ2) is 9.13. The molecule has 182 valence electrons. The summed E-state index contributed by atoms with van der Waals surface area (Å²) >= 11 is 1.70. The van der Waals surface area contributed by atoms with E-state index in [0.29, 0.717) is 17.0 Å². The third-order valence-electron chi connectivity index (χ3n) is 6.56. The van der Waals surface area contributed by atoms with Crippen LogP contribution in [-0.2, 0) is 4.74 Å². The summed E-state index contributed by atoms with van der Waals surface area (Å²) in [6.45, 7) is 1.24. The van der Waals surface area contributed by atoms with Crippen LogP contribution < -0.4 is 10.2 Å². The topological polar surface area (TPSA) is 142 Å². The summed E-state index contributed by atoms with van der Waals surface area (Å²) in [5, 5.41) is 35.4. The van der Waals surface area contributed by atoms with E-state index in [1.54, 1.807) is 15.9 Å². The molecule has 5 atom stereocenters. The van der Waals surface area contributed by atoms with Crippen molar-refractivity contribution in [2.45, 2.75) is 37.0 Å². The van der Waals surface area contributed by atoms with Crippen molar-refractivity contribution in [1.29, 1.82) is 0 Å². The monoisotopic (exact) mass is 495 g/mol. The molecular formula is C23H25N7O4S. The molecule has 6 heterocycles. The molecule has 4 aromatic rings. The molecule has 0 bridgehead atoms. The van der Waals surface area contributed by atoms with E-state index in [9.17, 15) is 15.3 Å². The van der Waals surface area contributed by atoms with Crippen LogP contribution in [0, 0.1) is 0 Å². The third-order valence-corrected chi connectivity index (χ3v) is 7.48. The fourth-order valence-electron chi connectivity index (χ4n) is 4.69. The smallest absolute Gasteiger partial charge is 0.167 e. The number of imidazole rings is 1. The van der Waals surface area contributed by atoms with Gasteiger partial charge in [0.25, 0.3) is 0 Å². The van der Waals surface area contributed by atoms with Gasteiger partial charge >= 0.3 is 0 Å². The molecule has 0 unspecified atom stereocenters. The molecule has 2 aliphatic heterocycles. The minimum Gasteiger partial charge on any atom is -0.394 e. The van der Waals surface area contributed by atoms with Crippen molar-refractivity contribution in [3.8, 4) is 10.4 Å². The molecule has 0 saturated carbocycles. The van der Waals surface area contributed by atoms with E-state index in [-0.39, 0.29) is 6.04 Å². The van der Waals surface area contributed by atoms with Gasteiger partial charge in [0.1, 0.15) is 30.5 Å². The Bertz CT molecular complexity index is 1300. The predicted octanol–water partition coefficient (Wildman–Crippen LogP) is 1.25. The van der Waals surface area contributed by atoms with Gasteiger partial charge in [-0.1, -0.05) is 6.07 Å². The largest absolute Gasteiger partial charge is 0.394 e. The van der Waals surface area contributed by atoms with Gasteiger partial charge in [0.15, 0.2) is 23.2 Å². The van der Waals surface area contributed by atoms with E-state index in [1.165, 1.54) is 17.5 Å². The third kappa shape index (κ3) is 4.02. The zero-order valence-corrected chi connectivity index (χ0v) is 19.5. The van der Waals surface area contributed by atoms with E-state index in [4.69, 9.17) is 4.74 Å². The Kier molecular flexibility index (Phi) is 5.82. The molecule has 0 radical (unpaired) electrons. The Morgan fingerprint density at radius 2 is 2.03 bits per heavy atom. The van der Waals surface area contributed by atoms with Crippen molar-refractivity contribution in [3.05, 3.63) is 48.5 Å². The van der Waals surface area contributed by atoms with Crippen LogP contribution in [0.1, 0.15) is 12.6 Å². The molecule has 2 fully saturated rings. The molecule has 0 spiro atoms. The Morgan fingerprint density at radius 1 is 1.11 bits per heavy atom. The fraction of sp³-hybridized carbons (Fsp3) is 0.391. The highest BCUT2D eigenvalue weighted by Crippen LogP contribution is 2.32. The molecule has 0 aromatic carbocycles. The van der Waals surface area contributed by atoms with Gasteiger partial charge in [0.2, 0.25) is 0 Å². The summed E-state index contributed by atoms with van der Waals surface area (Å²) in [7, 11) is 0. The van der Waals surface area contributed by atoms with Gasteiger partial charge in [-0.15, -0.1) is 11.3 Å². The molecule has 2 aliphatic rings. The van der Waals surface area contributed by atoms with E-state index in [1.807, 2.05) is 12.3 Å². The summed E-state index contributed by atoms with van der Waals surface area (Å²) in [5.74, 6) is 1.53. The number of nitrogens with zero attached hydrogens (tertiary/aromatic N) is 6.